The van der Waals surface area contributed by atoms with Crippen LogP contribution in [0, 0.1) is 0 Å². The lowest BCUT2D eigenvalue weighted by molar-refractivity contribution is 0.621. The van der Waals surface area contributed by atoms with Gasteiger partial charge in [0.15, 0.2) is 0 Å². The number of benzene rings is 2. The van der Waals surface area contributed by atoms with E-state index in [0.717, 1.165) is 36.2 Å². The lowest BCUT2D eigenvalue weighted by Gasteiger charge is -2.25. The maximum absolute atomic E-state index is 11.9. The summed E-state index contributed by atoms with van der Waals surface area (Å²) in [4.78, 5) is 14.3. The van der Waals surface area contributed by atoms with E-state index < -0.39 is 0 Å². The number of hydrogen-bond donors (Lipinski definition) is 2. The first-order chi connectivity index (χ1) is 12.2. The van der Waals surface area contributed by atoms with Crippen molar-refractivity contribution in [3.63, 3.8) is 0 Å². The third-order valence-corrected chi connectivity index (χ3v) is 4.91. The Kier molecular flexibility index (Phi) is 4.24. The van der Waals surface area contributed by atoms with Gasteiger partial charge in [0.1, 0.15) is 0 Å². The number of nitrogens with one attached hydrogen (secondary N) is 1. The summed E-state index contributed by atoms with van der Waals surface area (Å²) in [6, 6.07) is 16.2. The van der Waals surface area contributed by atoms with Crippen LogP contribution < -0.4 is 16.2 Å². The van der Waals surface area contributed by atoms with Gasteiger partial charge in [-0.3, -0.25) is 4.79 Å². The molecule has 25 heavy (non-hydrogen) atoms. The van der Waals surface area contributed by atoms with Gasteiger partial charge < -0.3 is 10.6 Å². The van der Waals surface area contributed by atoms with E-state index >= 15 is 0 Å². The third-order valence-electron chi connectivity index (χ3n) is 4.91. The van der Waals surface area contributed by atoms with E-state index in [-0.39, 0.29) is 11.6 Å². The fourth-order valence-corrected chi connectivity index (χ4v) is 3.57. The van der Waals surface area contributed by atoms with Crippen molar-refractivity contribution in [3.05, 3.63) is 58.9 Å². The molecule has 1 atom stereocenters. The Labute approximate surface area is 146 Å². The Hall–Kier alpha value is -2.66. The highest BCUT2D eigenvalue weighted by Gasteiger charge is 2.16. The minimum atomic E-state index is -0.158. The number of aromatic amines is 1. The molecule has 3 aromatic rings. The smallest absolute Gasteiger partial charge is 0.272 e. The molecule has 2 aromatic carbocycles. The highest BCUT2D eigenvalue weighted by Crippen LogP contribution is 2.27. The molecule has 1 unspecified atom stereocenters. The molecule has 0 radical (unpaired) electrons. The van der Waals surface area contributed by atoms with Crippen LogP contribution in [0.5, 0.6) is 0 Å². The highest BCUT2D eigenvalue weighted by molar-refractivity contribution is 5.93. The topological polar surface area (TPSA) is 75.0 Å². The van der Waals surface area contributed by atoms with Crippen LogP contribution >= 0.6 is 0 Å². The molecule has 3 N–H and O–H groups in total. The molecule has 0 spiro atoms. The fraction of sp³-hybridized carbons (Fsp3) is 0.300. The molecule has 1 saturated heterocycles. The molecule has 0 bridgehead atoms. The summed E-state index contributed by atoms with van der Waals surface area (Å²) in [7, 11) is 0. The van der Waals surface area contributed by atoms with Crippen molar-refractivity contribution >= 4 is 16.5 Å². The standard InChI is InChI=1S/C20H22N4O/c21-15-5-3-4-12-24(13-15)16-10-8-14(9-11-16)19-17-6-1-2-7-18(17)20(25)23-22-19/h1-2,6-11,15H,3-5,12-13,21H2,(H,23,25). The minimum absolute atomic E-state index is 0.158. The second kappa shape index (κ2) is 6.69. The molecule has 0 saturated carbocycles. The van der Waals surface area contributed by atoms with Gasteiger partial charge in [0.05, 0.1) is 11.1 Å². The summed E-state index contributed by atoms with van der Waals surface area (Å²) in [6.07, 6.45) is 3.48. The van der Waals surface area contributed by atoms with Gasteiger partial charge in [-0.25, -0.2) is 5.10 Å². The lowest BCUT2D eigenvalue weighted by Crippen LogP contribution is -2.35. The molecule has 128 valence electrons. The molecule has 4 rings (SSSR count). The van der Waals surface area contributed by atoms with Crippen molar-refractivity contribution in [3.8, 4) is 11.3 Å². The quantitative estimate of drug-likeness (QED) is 0.755. The largest absolute Gasteiger partial charge is 0.370 e. The van der Waals surface area contributed by atoms with E-state index in [2.05, 4.69) is 39.4 Å². The molecule has 1 aliphatic heterocycles. The van der Waals surface area contributed by atoms with Crippen LogP contribution in [-0.4, -0.2) is 29.3 Å². The van der Waals surface area contributed by atoms with Gasteiger partial charge in [0.2, 0.25) is 0 Å². The molecule has 2 heterocycles. The van der Waals surface area contributed by atoms with E-state index in [0.29, 0.717) is 5.39 Å². The van der Waals surface area contributed by atoms with Crippen LogP contribution in [-0.2, 0) is 0 Å². The summed E-state index contributed by atoms with van der Waals surface area (Å²) in [5.74, 6) is 0. The third kappa shape index (κ3) is 3.15. The van der Waals surface area contributed by atoms with Crippen molar-refractivity contribution in [2.24, 2.45) is 5.73 Å². The number of fused-ring (bicyclic) bond motifs is 1. The van der Waals surface area contributed by atoms with Gasteiger partial charge in [-0.2, -0.15) is 5.10 Å². The Morgan fingerprint density at radius 2 is 1.80 bits per heavy atom. The normalized spacial score (nSPS) is 18.3. The Bertz CT molecular complexity index is 932. The first kappa shape index (κ1) is 15.8. The molecule has 5 nitrogen and oxygen atoms in total. The SMILES string of the molecule is NC1CCCCN(c2ccc(-c3n[nH]c(=O)c4ccccc34)cc2)C1. The lowest BCUT2D eigenvalue weighted by atomic mass is 10.0. The maximum atomic E-state index is 11.9. The van der Waals surface area contributed by atoms with E-state index in [4.69, 9.17) is 5.73 Å². The Morgan fingerprint density at radius 3 is 2.60 bits per heavy atom. The number of rotatable bonds is 2. The molecular formula is C20H22N4O. The van der Waals surface area contributed by atoms with Crippen LogP contribution in [0.25, 0.3) is 22.0 Å². The van der Waals surface area contributed by atoms with E-state index in [1.807, 2.05) is 24.3 Å². The van der Waals surface area contributed by atoms with Crippen LogP contribution in [0.1, 0.15) is 19.3 Å². The second-order valence-corrected chi connectivity index (χ2v) is 6.70. The van der Waals surface area contributed by atoms with Crippen molar-refractivity contribution < 1.29 is 0 Å². The zero-order valence-corrected chi connectivity index (χ0v) is 14.1. The van der Waals surface area contributed by atoms with E-state index in [1.54, 1.807) is 0 Å². The molecular weight excluding hydrogens is 312 g/mol. The predicted octanol–water partition coefficient (Wildman–Crippen LogP) is 2.91. The van der Waals surface area contributed by atoms with Crippen molar-refractivity contribution in [1.29, 1.82) is 0 Å². The first-order valence-electron chi connectivity index (χ1n) is 8.81. The van der Waals surface area contributed by atoms with Crippen LogP contribution in [0.4, 0.5) is 5.69 Å². The van der Waals surface area contributed by atoms with Crippen LogP contribution in [0.15, 0.2) is 53.3 Å². The molecule has 1 aliphatic rings. The van der Waals surface area contributed by atoms with Crippen LogP contribution in [0.3, 0.4) is 0 Å². The number of anilines is 1. The maximum Gasteiger partial charge on any atom is 0.272 e. The minimum Gasteiger partial charge on any atom is -0.370 e. The number of aromatic nitrogens is 2. The van der Waals surface area contributed by atoms with Gasteiger partial charge in [-0.1, -0.05) is 36.8 Å². The van der Waals surface area contributed by atoms with Gasteiger partial charge in [0, 0.05) is 35.8 Å². The molecule has 0 aliphatic carbocycles. The Balaban J connectivity index is 1.69. The van der Waals surface area contributed by atoms with Crippen molar-refractivity contribution in [2.45, 2.75) is 25.3 Å². The monoisotopic (exact) mass is 334 g/mol. The summed E-state index contributed by atoms with van der Waals surface area (Å²) < 4.78 is 0. The van der Waals surface area contributed by atoms with Gasteiger partial charge >= 0.3 is 0 Å². The number of hydrogen-bond acceptors (Lipinski definition) is 4. The molecule has 1 aromatic heterocycles. The average Bonchev–Trinajstić information content (AvgIpc) is 2.87. The number of nitrogens with two attached hydrogens (primary N) is 1. The van der Waals surface area contributed by atoms with E-state index in [9.17, 15) is 4.79 Å². The fourth-order valence-electron chi connectivity index (χ4n) is 3.57. The van der Waals surface area contributed by atoms with E-state index in [1.165, 1.54) is 18.5 Å². The summed E-state index contributed by atoms with van der Waals surface area (Å²) in [6.45, 7) is 1.95. The van der Waals surface area contributed by atoms with Gasteiger partial charge in [-0.15, -0.1) is 0 Å². The molecule has 1 fully saturated rings. The second-order valence-electron chi connectivity index (χ2n) is 6.70. The predicted molar refractivity (Wildman–Crippen MR) is 102 cm³/mol. The van der Waals surface area contributed by atoms with Crippen molar-refractivity contribution in [1.82, 2.24) is 10.2 Å². The van der Waals surface area contributed by atoms with Crippen LogP contribution in [0.2, 0.25) is 0 Å². The average molecular weight is 334 g/mol. The first-order valence-corrected chi connectivity index (χ1v) is 8.81. The zero-order valence-electron chi connectivity index (χ0n) is 14.1. The van der Waals surface area contributed by atoms with Crippen molar-refractivity contribution in [2.75, 3.05) is 18.0 Å². The number of nitrogens with zero attached hydrogens (tertiary/aromatic N) is 2. The highest BCUT2D eigenvalue weighted by atomic mass is 16.1. The number of H-pyrrole nitrogens is 1. The zero-order chi connectivity index (χ0) is 17.2. The summed E-state index contributed by atoms with van der Waals surface area (Å²) in [5.41, 5.74) is 9.00. The van der Waals surface area contributed by atoms with Gasteiger partial charge in [0.25, 0.3) is 5.56 Å². The Morgan fingerprint density at radius 1 is 1.04 bits per heavy atom. The molecule has 0 amide bonds. The summed E-state index contributed by atoms with van der Waals surface area (Å²) in [5, 5.41) is 8.41. The van der Waals surface area contributed by atoms with Gasteiger partial charge in [-0.05, 0) is 31.0 Å². The summed E-state index contributed by atoms with van der Waals surface area (Å²) >= 11 is 0. The molecule has 5 heteroatoms.